The van der Waals surface area contributed by atoms with Gasteiger partial charge >= 0.3 is 0 Å². The number of aromatic nitrogens is 3. The van der Waals surface area contributed by atoms with Gasteiger partial charge in [0, 0.05) is 55.5 Å². The Bertz CT molecular complexity index is 4420. The number of benzene rings is 11. The summed E-state index contributed by atoms with van der Waals surface area (Å²) in [5, 5.41) is 10.1. The Morgan fingerprint density at radius 2 is 0.710 bits per heavy atom. The number of hydrogen-bond donors (Lipinski definition) is 0. The van der Waals surface area contributed by atoms with Crippen LogP contribution < -0.4 is 0 Å². The Kier molecular flexibility index (Phi) is 7.45. The second-order valence-electron chi connectivity index (χ2n) is 19.1. The fourth-order valence-electron chi connectivity index (χ4n) is 13.0. The molecule has 0 fully saturated rings. The molecule has 69 heavy (non-hydrogen) atoms. The van der Waals surface area contributed by atoms with Crippen molar-refractivity contribution in [1.82, 2.24) is 13.7 Å². The standard InChI is InChI=1S/C66H41N3/c1-2-16-41-37-43(31-29-40(41)15-1)67-58-27-13-10-20-49(58)55-38-42(30-35-60(55)67)45-34-36-61(66-64-53-23-5-3-21-51(53)63(65(45)66)52-22-4-6-24-54(52)64)69-59-28-14-9-19-48(59)50-33-32-44(39-62(50)69)68-56-25-11-7-17-46(56)47-18-8-12-26-57(47)68/h1-39,63-64H. The van der Waals surface area contributed by atoms with E-state index in [1.807, 2.05) is 0 Å². The van der Waals surface area contributed by atoms with Gasteiger partial charge in [0.1, 0.15) is 0 Å². The van der Waals surface area contributed by atoms with Gasteiger partial charge in [0.15, 0.2) is 0 Å². The van der Waals surface area contributed by atoms with Crippen molar-refractivity contribution < 1.29 is 0 Å². The Balaban J connectivity index is 0.980. The maximum Gasteiger partial charge on any atom is 0.0562 e. The molecule has 0 N–H and O–H groups in total. The predicted octanol–water partition coefficient (Wildman–Crippen LogP) is 16.8. The molecule has 0 aliphatic heterocycles. The zero-order valence-electron chi connectivity index (χ0n) is 37.5. The molecule has 3 heterocycles. The summed E-state index contributed by atoms with van der Waals surface area (Å²) in [7, 11) is 0. The lowest BCUT2D eigenvalue weighted by molar-refractivity contribution is 0.750. The normalized spacial score (nSPS) is 15.0. The smallest absolute Gasteiger partial charge is 0.0562 e. The first-order valence-electron chi connectivity index (χ1n) is 24.2. The Hall–Kier alpha value is -8.92. The van der Waals surface area contributed by atoms with Crippen molar-refractivity contribution >= 4 is 76.2 Å². The van der Waals surface area contributed by atoms with Crippen LogP contribution in [-0.4, -0.2) is 13.7 Å². The van der Waals surface area contributed by atoms with E-state index in [4.69, 9.17) is 0 Å². The van der Waals surface area contributed by atoms with Crippen LogP contribution in [-0.2, 0) is 0 Å². The molecule has 0 saturated heterocycles. The molecule has 0 atom stereocenters. The lowest BCUT2D eigenvalue weighted by Gasteiger charge is -2.44. The average Bonchev–Trinajstić information content (AvgIpc) is 4.05. The highest BCUT2D eigenvalue weighted by molar-refractivity contribution is 6.13. The first-order chi connectivity index (χ1) is 34.3. The third-order valence-electron chi connectivity index (χ3n) is 15.8. The summed E-state index contributed by atoms with van der Waals surface area (Å²) in [6.45, 7) is 0. The van der Waals surface area contributed by atoms with Crippen LogP contribution in [0.2, 0.25) is 0 Å². The second-order valence-corrected chi connectivity index (χ2v) is 19.1. The molecule has 3 aliphatic carbocycles. The highest BCUT2D eigenvalue weighted by atomic mass is 15.0. The van der Waals surface area contributed by atoms with E-state index < -0.39 is 0 Å². The quantitative estimate of drug-likeness (QED) is 0.167. The van der Waals surface area contributed by atoms with Crippen LogP contribution in [0, 0.1) is 0 Å². The zero-order valence-corrected chi connectivity index (χ0v) is 37.5. The number of para-hydroxylation sites is 4. The van der Waals surface area contributed by atoms with Crippen molar-refractivity contribution in [3.8, 4) is 28.2 Å². The number of fused-ring (bicyclic) bond motifs is 10. The van der Waals surface area contributed by atoms with Crippen molar-refractivity contribution in [2.75, 3.05) is 0 Å². The van der Waals surface area contributed by atoms with E-state index in [1.54, 1.807) is 0 Å². The van der Waals surface area contributed by atoms with Crippen LogP contribution in [0.15, 0.2) is 237 Å². The fourth-order valence-corrected chi connectivity index (χ4v) is 13.0. The minimum Gasteiger partial charge on any atom is -0.309 e. The van der Waals surface area contributed by atoms with Crippen LogP contribution in [0.1, 0.15) is 45.2 Å². The van der Waals surface area contributed by atoms with Gasteiger partial charge in [0.2, 0.25) is 0 Å². The third kappa shape index (κ3) is 5.01. The maximum atomic E-state index is 2.59. The van der Waals surface area contributed by atoms with Gasteiger partial charge in [-0.25, -0.2) is 0 Å². The third-order valence-corrected chi connectivity index (χ3v) is 15.8. The summed E-state index contributed by atoms with van der Waals surface area (Å²) in [5.74, 6) is 0.130. The van der Waals surface area contributed by atoms with Gasteiger partial charge < -0.3 is 13.7 Å². The average molecular weight is 876 g/mol. The zero-order chi connectivity index (χ0) is 44.9. The van der Waals surface area contributed by atoms with Crippen LogP contribution >= 0.6 is 0 Å². The summed E-state index contributed by atoms with van der Waals surface area (Å²) in [5.41, 5.74) is 21.8. The van der Waals surface area contributed by atoms with Crippen molar-refractivity contribution in [2.24, 2.45) is 0 Å². The van der Waals surface area contributed by atoms with Crippen molar-refractivity contribution in [3.63, 3.8) is 0 Å². The fraction of sp³-hybridized carbons (Fsp3) is 0.0303. The first kappa shape index (κ1) is 37.2. The van der Waals surface area contributed by atoms with Crippen molar-refractivity contribution in [1.29, 1.82) is 0 Å². The predicted molar refractivity (Wildman–Crippen MR) is 287 cm³/mol. The molecule has 0 unspecified atom stereocenters. The lowest BCUT2D eigenvalue weighted by Crippen LogP contribution is -2.29. The van der Waals surface area contributed by atoms with Crippen LogP contribution in [0.25, 0.3) is 104 Å². The molecule has 0 amide bonds. The van der Waals surface area contributed by atoms with Crippen LogP contribution in [0.3, 0.4) is 0 Å². The van der Waals surface area contributed by atoms with E-state index in [0.717, 1.165) is 5.69 Å². The van der Waals surface area contributed by atoms with Gasteiger partial charge in [-0.15, -0.1) is 0 Å². The highest BCUT2D eigenvalue weighted by Gasteiger charge is 2.44. The summed E-state index contributed by atoms with van der Waals surface area (Å²) < 4.78 is 7.49. The molecule has 3 heteroatoms. The van der Waals surface area contributed by atoms with Crippen molar-refractivity contribution in [3.05, 3.63) is 270 Å². The van der Waals surface area contributed by atoms with Crippen LogP contribution in [0.4, 0.5) is 0 Å². The van der Waals surface area contributed by atoms with E-state index in [9.17, 15) is 0 Å². The van der Waals surface area contributed by atoms with Crippen molar-refractivity contribution in [2.45, 2.75) is 11.8 Å². The molecular weight excluding hydrogens is 835 g/mol. The van der Waals surface area contributed by atoms with Gasteiger partial charge in [-0.2, -0.15) is 0 Å². The molecule has 11 aromatic carbocycles. The molecule has 0 spiro atoms. The molecule has 14 aromatic rings. The Morgan fingerprint density at radius 3 is 1.32 bits per heavy atom. The lowest BCUT2D eigenvalue weighted by atomic mass is 9.59. The number of rotatable bonds is 4. The summed E-state index contributed by atoms with van der Waals surface area (Å²) >= 11 is 0. The van der Waals surface area contributed by atoms with E-state index >= 15 is 0 Å². The summed E-state index contributed by atoms with van der Waals surface area (Å²) in [4.78, 5) is 0. The maximum absolute atomic E-state index is 2.59. The minimum atomic E-state index is 0.0580. The molecule has 0 saturated carbocycles. The topological polar surface area (TPSA) is 14.8 Å². The van der Waals surface area contributed by atoms with Gasteiger partial charge in [0.25, 0.3) is 0 Å². The summed E-state index contributed by atoms with van der Waals surface area (Å²) in [6, 6.07) is 88.8. The van der Waals surface area contributed by atoms with Gasteiger partial charge in [-0.3, -0.25) is 0 Å². The molecule has 320 valence electrons. The molecule has 2 bridgehead atoms. The highest BCUT2D eigenvalue weighted by Crippen LogP contribution is 2.60. The molecule has 0 radical (unpaired) electrons. The van der Waals surface area contributed by atoms with Gasteiger partial charge in [0.05, 0.1) is 38.8 Å². The Labute approximate surface area is 398 Å². The largest absolute Gasteiger partial charge is 0.309 e. The Morgan fingerprint density at radius 1 is 0.261 bits per heavy atom. The minimum absolute atomic E-state index is 0.0580. The van der Waals surface area contributed by atoms with Gasteiger partial charge in [-0.1, -0.05) is 170 Å². The molecular formula is C66H41N3. The van der Waals surface area contributed by atoms with E-state index in [2.05, 4.69) is 250 Å². The molecule has 3 aliphatic rings. The number of hydrogen-bond acceptors (Lipinski definition) is 0. The first-order valence-corrected chi connectivity index (χ1v) is 24.2. The summed E-state index contributed by atoms with van der Waals surface area (Å²) in [6.07, 6.45) is 0. The molecule has 3 nitrogen and oxygen atoms in total. The van der Waals surface area contributed by atoms with E-state index in [-0.39, 0.29) is 11.8 Å². The van der Waals surface area contributed by atoms with E-state index in [0.29, 0.717) is 0 Å². The number of nitrogens with zero attached hydrogens (tertiary/aromatic N) is 3. The second kappa shape index (κ2) is 13.8. The molecule has 17 rings (SSSR count). The monoisotopic (exact) mass is 875 g/mol. The van der Waals surface area contributed by atoms with E-state index in [1.165, 1.54) is 132 Å². The van der Waals surface area contributed by atoms with Gasteiger partial charge in [-0.05, 0) is 122 Å². The SMILES string of the molecule is c1ccc2c(c1)C1c3ccccc3C2c2c(-n3c4ccccc4c4ccc(-n5c6ccccc6c6ccccc65)cc43)ccc(-c3ccc4c(c3)c3ccccc3n4-c3ccc4ccccc4c3)c21. The molecule has 3 aromatic heterocycles. The van der Waals surface area contributed by atoms with Crippen LogP contribution in [0.5, 0.6) is 0 Å².